The molecule has 8 heteroatoms. The molecule has 0 aliphatic rings. The zero-order chi connectivity index (χ0) is 14.4. The van der Waals surface area contributed by atoms with Gasteiger partial charge in [0, 0.05) is 13.2 Å². The third-order valence-corrected chi connectivity index (χ3v) is 3.12. The van der Waals surface area contributed by atoms with Crippen LogP contribution in [0.15, 0.2) is 6.20 Å². The lowest BCUT2D eigenvalue weighted by Crippen LogP contribution is -2.43. The number of aryl methyl sites for hydroxylation is 2. The molecule has 1 aromatic rings. The summed E-state index contributed by atoms with van der Waals surface area (Å²) in [6.45, 7) is 1.76. The minimum atomic E-state index is -1.04. The Balaban J connectivity index is 2.57. The second kappa shape index (κ2) is 7.03. The smallest absolute Gasteiger partial charge is 0.326 e. The van der Waals surface area contributed by atoms with Gasteiger partial charge in [-0.3, -0.25) is 4.68 Å². The molecule has 1 aromatic heterocycles. The van der Waals surface area contributed by atoms with Crippen LogP contribution in [0.4, 0.5) is 10.5 Å². The van der Waals surface area contributed by atoms with Gasteiger partial charge in [-0.2, -0.15) is 16.9 Å². The molecule has 1 rings (SSSR count). The second-order valence-corrected chi connectivity index (χ2v) is 5.06. The summed E-state index contributed by atoms with van der Waals surface area (Å²) in [7, 11) is 1.74. The van der Waals surface area contributed by atoms with Crippen LogP contribution in [0.25, 0.3) is 0 Å². The largest absolute Gasteiger partial charge is 0.480 e. The summed E-state index contributed by atoms with van der Waals surface area (Å²) >= 11 is 1.54. The van der Waals surface area contributed by atoms with Gasteiger partial charge in [0.25, 0.3) is 0 Å². The number of nitrogens with one attached hydrogen (secondary N) is 2. The molecular formula is C11H18N4O3S. The first-order chi connectivity index (χ1) is 8.93. The third-order valence-electron chi connectivity index (χ3n) is 2.48. The summed E-state index contributed by atoms with van der Waals surface area (Å²) < 4.78 is 1.58. The fourth-order valence-electron chi connectivity index (χ4n) is 1.53. The first-order valence-electron chi connectivity index (χ1n) is 5.73. The van der Waals surface area contributed by atoms with Crippen LogP contribution in [0.5, 0.6) is 0 Å². The molecule has 0 radical (unpaired) electrons. The van der Waals surface area contributed by atoms with Crippen molar-refractivity contribution in [3.63, 3.8) is 0 Å². The molecule has 3 N–H and O–H groups in total. The van der Waals surface area contributed by atoms with Gasteiger partial charge in [-0.15, -0.1) is 0 Å². The summed E-state index contributed by atoms with van der Waals surface area (Å²) in [5, 5.41) is 18.1. The van der Waals surface area contributed by atoms with Crippen LogP contribution in [0, 0.1) is 6.92 Å². The topological polar surface area (TPSA) is 96.3 Å². The van der Waals surface area contributed by atoms with E-state index in [4.69, 9.17) is 5.11 Å². The Morgan fingerprint density at radius 3 is 2.74 bits per heavy atom. The van der Waals surface area contributed by atoms with E-state index in [9.17, 15) is 9.59 Å². The Hall–Kier alpha value is -1.70. The number of aromatic nitrogens is 2. The van der Waals surface area contributed by atoms with Gasteiger partial charge < -0.3 is 15.7 Å². The van der Waals surface area contributed by atoms with Crippen molar-refractivity contribution in [2.24, 2.45) is 7.05 Å². The van der Waals surface area contributed by atoms with Crippen LogP contribution in [0.3, 0.4) is 0 Å². The number of thioether (sulfide) groups is 1. The Morgan fingerprint density at radius 1 is 1.58 bits per heavy atom. The molecule has 106 valence electrons. The number of aliphatic carboxylic acids is 1. The van der Waals surface area contributed by atoms with E-state index >= 15 is 0 Å². The lowest BCUT2D eigenvalue weighted by Gasteiger charge is -2.14. The van der Waals surface area contributed by atoms with Gasteiger partial charge in [0.15, 0.2) is 0 Å². The standard InChI is InChI=1S/C11H18N4O3S/c1-7-9(6-15(2)14-7)13-11(18)12-8(10(16)17)4-5-19-3/h6,8H,4-5H2,1-3H3,(H,16,17)(H2,12,13,18). The molecule has 1 atom stereocenters. The molecule has 0 aliphatic heterocycles. The molecule has 0 aliphatic carbocycles. The predicted octanol–water partition coefficient (Wildman–Crippen LogP) is 1.06. The van der Waals surface area contributed by atoms with Crippen molar-refractivity contribution < 1.29 is 14.7 Å². The molecule has 1 heterocycles. The number of amides is 2. The van der Waals surface area contributed by atoms with E-state index in [1.165, 1.54) is 11.8 Å². The minimum Gasteiger partial charge on any atom is -0.480 e. The number of hydrogen-bond donors (Lipinski definition) is 3. The maximum Gasteiger partial charge on any atom is 0.326 e. The molecule has 19 heavy (non-hydrogen) atoms. The lowest BCUT2D eigenvalue weighted by atomic mass is 10.2. The van der Waals surface area contributed by atoms with E-state index in [1.807, 2.05) is 6.26 Å². The Morgan fingerprint density at radius 2 is 2.26 bits per heavy atom. The third kappa shape index (κ3) is 4.82. The summed E-state index contributed by atoms with van der Waals surface area (Å²) in [5.74, 6) is -0.365. The lowest BCUT2D eigenvalue weighted by molar-refractivity contribution is -0.139. The van der Waals surface area contributed by atoms with Gasteiger partial charge in [0.05, 0.1) is 11.4 Å². The van der Waals surface area contributed by atoms with Crippen LogP contribution in [-0.2, 0) is 11.8 Å². The van der Waals surface area contributed by atoms with Gasteiger partial charge in [0.1, 0.15) is 6.04 Å². The Kier molecular flexibility index (Phi) is 5.68. The Labute approximate surface area is 115 Å². The van der Waals surface area contributed by atoms with E-state index in [1.54, 1.807) is 24.9 Å². The molecule has 0 spiro atoms. The number of carboxylic acids is 1. The minimum absolute atomic E-state index is 0.385. The zero-order valence-electron chi connectivity index (χ0n) is 11.1. The zero-order valence-corrected chi connectivity index (χ0v) is 12.0. The number of carbonyl (C=O) groups excluding carboxylic acids is 1. The normalized spacial score (nSPS) is 11.9. The van der Waals surface area contributed by atoms with Gasteiger partial charge in [-0.05, 0) is 25.4 Å². The highest BCUT2D eigenvalue weighted by Gasteiger charge is 2.19. The van der Waals surface area contributed by atoms with Crippen LogP contribution < -0.4 is 10.6 Å². The van der Waals surface area contributed by atoms with Gasteiger partial charge in [0.2, 0.25) is 0 Å². The maximum atomic E-state index is 11.7. The van der Waals surface area contributed by atoms with E-state index in [0.717, 1.165) is 0 Å². The summed E-state index contributed by atoms with van der Waals surface area (Å²) in [5.41, 5.74) is 1.24. The predicted molar refractivity (Wildman–Crippen MR) is 74.5 cm³/mol. The number of nitrogens with zero attached hydrogens (tertiary/aromatic N) is 2. The number of carboxylic acid groups (broad SMARTS) is 1. The van der Waals surface area contributed by atoms with E-state index in [2.05, 4.69) is 15.7 Å². The van der Waals surface area contributed by atoms with Gasteiger partial charge in [-0.1, -0.05) is 0 Å². The highest BCUT2D eigenvalue weighted by molar-refractivity contribution is 7.98. The molecular weight excluding hydrogens is 268 g/mol. The van der Waals surface area contributed by atoms with Crippen molar-refractivity contribution in [3.05, 3.63) is 11.9 Å². The number of rotatable bonds is 6. The molecule has 0 fully saturated rings. The second-order valence-electron chi connectivity index (χ2n) is 4.07. The van der Waals surface area contributed by atoms with Crippen LogP contribution in [0.2, 0.25) is 0 Å². The van der Waals surface area contributed by atoms with E-state index in [-0.39, 0.29) is 0 Å². The van der Waals surface area contributed by atoms with Crippen molar-refractivity contribution >= 4 is 29.4 Å². The average Bonchev–Trinajstić information content (AvgIpc) is 2.62. The molecule has 2 amide bonds. The average molecular weight is 286 g/mol. The molecule has 0 saturated carbocycles. The van der Waals surface area contributed by atoms with Gasteiger partial charge in [-0.25, -0.2) is 9.59 Å². The molecule has 1 unspecified atom stereocenters. The summed E-state index contributed by atoms with van der Waals surface area (Å²) in [6, 6.07) is -1.42. The molecule has 0 saturated heterocycles. The highest BCUT2D eigenvalue weighted by Crippen LogP contribution is 2.11. The maximum absolute atomic E-state index is 11.7. The van der Waals surface area contributed by atoms with Gasteiger partial charge >= 0.3 is 12.0 Å². The monoisotopic (exact) mass is 286 g/mol. The highest BCUT2D eigenvalue weighted by atomic mass is 32.2. The van der Waals surface area contributed by atoms with Crippen molar-refractivity contribution in [3.8, 4) is 0 Å². The van der Waals surface area contributed by atoms with Crippen LogP contribution >= 0.6 is 11.8 Å². The van der Waals surface area contributed by atoms with E-state index in [0.29, 0.717) is 23.6 Å². The fraction of sp³-hybridized carbons (Fsp3) is 0.545. The number of hydrogen-bond acceptors (Lipinski definition) is 4. The Bertz CT molecular complexity index is 461. The number of carbonyl (C=O) groups is 2. The van der Waals surface area contributed by atoms with Crippen molar-refractivity contribution in [1.82, 2.24) is 15.1 Å². The van der Waals surface area contributed by atoms with Crippen molar-refractivity contribution in [2.45, 2.75) is 19.4 Å². The first-order valence-corrected chi connectivity index (χ1v) is 7.13. The van der Waals surface area contributed by atoms with Crippen LogP contribution in [-0.4, -0.2) is 44.9 Å². The van der Waals surface area contributed by atoms with E-state index < -0.39 is 18.0 Å². The SMILES string of the molecule is CSCCC(NC(=O)Nc1cn(C)nc1C)C(=O)O. The van der Waals surface area contributed by atoms with Crippen molar-refractivity contribution in [2.75, 3.05) is 17.3 Å². The molecule has 0 aromatic carbocycles. The molecule has 7 nitrogen and oxygen atoms in total. The fourth-order valence-corrected chi connectivity index (χ4v) is 2.00. The summed E-state index contributed by atoms with van der Waals surface area (Å²) in [6.07, 6.45) is 3.93. The van der Waals surface area contributed by atoms with Crippen molar-refractivity contribution in [1.29, 1.82) is 0 Å². The van der Waals surface area contributed by atoms with Crippen LogP contribution in [0.1, 0.15) is 12.1 Å². The first kappa shape index (κ1) is 15.4. The number of urea groups is 1. The number of anilines is 1. The molecule has 0 bridgehead atoms. The quantitative estimate of drug-likeness (QED) is 0.726. The summed E-state index contributed by atoms with van der Waals surface area (Å²) in [4.78, 5) is 22.7.